The van der Waals surface area contributed by atoms with Crippen molar-refractivity contribution < 1.29 is 14.7 Å². The molecule has 6 heteroatoms. The third-order valence-electron chi connectivity index (χ3n) is 6.69. The zero-order valence-corrected chi connectivity index (χ0v) is 17.2. The Labute approximate surface area is 173 Å². The molecule has 2 amide bonds. The smallest absolute Gasteiger partial charge is 0.225 e. The summed E-state index contributed by atoms with van der Waals surface area (Å²) in [5, 5.41) is 12.4. The maximum absolute atomic E-state index is 12.7. The summed E-state index contributed by atoms with van der Waals surface area (Å²) in [6.07, 6.45) is 7.03. The average Bonchev–Trinajstić information content (AvgIpc) is 3.60. The van der Waals surface area contributed by atoms with Crippen LogP contribution in [0, 0.1) is 11.8 Å². The topological polar surface area (TPSA) is 72.9 Å². The molecule has 0 unspecified atom stereocenters. The molecule has 4 rings (SSSR count). The number of nitrogens with one attached hydrogen (secondary N) is 1. The number of nitrogens with zero attached hydrogens (tertiary/aromatic N) is 2. The van der Waals surface area contributed by atoms with E-state index in [0.29, 0.717) is 24.4 Å². The molecule has 158 valence electrons. The summed E-state index contributed by atoms with van der Waals surface area (Å²) in [4.78, 5) is 29.5. The Morgan fingerprint density at radius 3 is 2.38 bits per heavy atom. The van der Waals surface area contributed by atoms with Gasteiger partial charge in [-0.05, 0) is 69.2 Å². The van der Waals surface area contributed by atoms with Gasteiger partial charge in [0, 0.05) is 38.1 Å². The summed E-state index contributed by atoms with van der Waals surface area (Å²) in [5.74, 6) is 1.18. The van der Waals surface area contributed by atoms with Crippen LogP contribution in [0.25, 0.3) is 0 Å². The summed E-state index contributed by atoms with van der Waals surface area (Å²) < 4.78 is 0. The number of likely N-dealkylation sites (tertiary alicyclic amines) is 2. The molecule has 2 saturated heterocycles. The van der Waals surface area contributed by atoms with Crippen molar-refractivity contribution in [3.8, 4) is 5.75 Å². The molecule has 1 saturated carbocycles. The van der Waals surface area contributed by atoms with E-state index in [1.54, 1.807) is 12.1 Å². The van der Waals surface area contributed by atoms with E-state index in [2.05, 4.69) is 15.1 Å². The van der Waals surface area contributed by atoms with Gasteiger partial charge in [0.15, 0.2) is 0 Å². The standard InChI is InChI=1S/C23H33N3O3/c27-21-7-3-17(4-8-21)9-12-24-22(28)19-2-1-13-26(16-19)20-10-14-25(15-11-20)23(29)18-5-6-18/h3-4,7-8,18-20,27H,1-2,5-6,9-16H2,(H,24,28)/t19-/m0/s1. The van der Waals surface area contributed by atoms with Crippen LogP contribution < -0.4 is 5.32 Å². The highest BCUT2D eigenvalue weighted by Crippen LogP contribution is 2.32. The lowest BCUT2D eigenvalue weighted by Gasteiger charge is -2.42. The number of hydrogen-bond acceptors (Lipinski definition) is 4. The minimum Gasteiger partial charge on any atom is -0.508 e. The minimum absolute atomic E-state index is 0.0645. The Morgan fingerprint density at radius 1 is 0.966 bits per heavy atom. The number of piperidine rings is 2. The third kappa shape index (κ3) is 5.30. The molecule has 2 heterocycles. The van der Waals surface area contributed by atoms with Crippen molar-refractivity contribution in [1.82, 2.24) is 15.1 Å². The lowest BCUT2D eigenvalue weighted by molar-refractivity contribution is -0.134. The largest absolute Gasteiger partial charge is 0.508 e. The molecule has 29 heavy (non-hydrogen) atoms. The SMILES string of the molecule is O=C(NCCc1ccc(O)cc1)[C@H]1CCCN(C2CCN(C(=O)C3CC3)CC2)C1. The molecular weight excluding hydrogens is 366 g/mol. The Kier molecular flexibility index (Phi) is 6.38. The number of rotatable bonds is 6. The maximum Gasteiger partial charge on any atom is 0.225 e. The molecule has 1 aromatic carbocycles. The Morgan fingerprint density at radius 2 is 1.69 bits per heavy atom. The van der Waals surface area contributed by atoms with Crippen LogP contribution >= 0.6 is 0 Å². The number of phenols is 1. The highest BCUT2D eigenvalue weighted by Gasteiger charge is 2.37. The second-order valence-corrected chi connectivity index (χ2v) is 8.87. The Bertz CT molecular complexity index is 709. The molecule has 6 nitrogen and oxygen atoms in total. The summed E-state index contributed by atoms with van der Waals surface area (Å²) in [5.41, 5.74) is 1.11. The summed E-state index contributed by atoms with van der Waals surface area (Å²) in [7, 11) is 0. The molecule has 1 aliphatic carbocycles. The number of carbonyl (C=O) groups is 2. The van der Waals surface area contributed by atoms with E-state index in [1.165, 1.54) is 0 Å². The first-order valence-electron chi connectivity index (χ1n) is 11.2. The molecule has 1 aromatic rings. The van der Waals surface area contributed by atoms with Gasteiger partial charge in [0.2, 0.25) is 11.8 Å². The van der Waals surface area contributed by atoms with Crippen molar-refractivity contribution in [2.75, 3.05) is 32.7 Å². The number of hydrogen-bond donors (Lipinski definition) is 2. The van der Waals surface area contributed by atoms with Crippen molar-refractivity contribution in [2.45, 2.75) is 51.0 Å². The number of amides is 2. The van der Waals surface area contributed by atoms with Crippen molar-refractivity contribution in [2.24, 2.45) is 11.8 Å². The quantitative estimate of drug-likeness (QED) is 0.769. The van der Waals surface area contributed by atoms with Crippen molar-refractivity contribution in [3.63, 3.8) is 0 Å². The molecular formula is C23H33N3O3. The fourth-order valence-electron chi connectivity index (χ4n) is 4.73. The Balaban J connectivity index is 1.20. The number of benzene rings is 1. The van der Waals surface area contributed by atoms with Gasteiger partial charge in [-0.15, -0.1) is 0 Å². The van der Waals surface area contributed by atoms with Gasteiger partial charge >= 0.3 is 0 Å². The predicted octanol–water partition coefficient (Wildman–Crippen LogP) is 2.16. The zero-order valence-electron chi connectivity index (χ0n) is 17.2. The second-order valence-electron chi connectivity index (χ2n) is 8.87. The van der Waals surface area contributed by atoms with Crippen molar-refractivity contribution >= 4 is 11.8 Å². The van der Waals surface area contributed by atoms with Crippen LogP contribution in [0.4, 0.5) is 0 Å². The van der Waals surface area contributed by atoms with E-state index < -0.39 is 0 Å². The second kappa shape index (κ2) is 9.16. The first-order valence-corrected chi connectivity index (χ1v) is 11.2. The van der Waals surface area contributed by atoms with Crippen LogP contribution in [0.2, 0.25) is 0 Å². The van der Waals surface area contributed by atoms with E-state index in [9.17, 15) is 14.7 Å². The van der Waals surface area contributed by atoms with Gasteiger partial charge in [-0.2, -0.15) is 0 Å². The highest BCUT2D eigenvalue weighted by molar-refractivity contribution is 5.81. The summed E-state index contributed by atoms with van der Waals surface area (Å²) in [6.45, 7) is 4.28. The predicted molar refractivity (Wildman–Crippen MR) is 111 cm³/mol. The minimum atomic E-state index is 0.0645. The first kappa shape index (κ1) is 20.2. The van der Waals surface area contributed by atoms with Crippen LogP contribution in [-0.4, -0.2) is 65.5 Å². The molecule has 1 atom stereocenters. The molecule has 3 fully saturated rings. The Hall–Kier alpha value is -2.08. The molecule has 0 bridgehead atoms. The molecule has 0 spiro atoms. The average molecular weight is 400 g/mol. The van der Waals surface area contributed by atoms with E-state index in [0.717, 1.165) is 76.7 Å². The van der Waals surface area contributed by atoms with Gasteiger partial charge in [-0.1, -0.05) is 12.1 Å². The van der Waals surface area contributed by atoms with Crippen molar-refractivity contribution in [3.05, 3.63) is 29.8 Å². The summed E-state index contributed by atoms with van der Waals surface area (Å²) >= 11 is 0. The van der Waals surface area contributed by atoms with Crippen LogP contribution in [0.1, 0.15) is 44.1 Å². The lowest BCUT2D eigenvalue weighted by Crippen LogP contribution is -2.51. The lowest BCUT2D eigenvalue weighted by atomic mass is 9.93. The van der Waals surface area contributed by atoms with Crippen LogP contribution in [0.5, 0.6) is 5.75 Å². The fraction of sp³-hybridized carbons (Fsp3) is 0.652. The zero-order chi connectivity index (χ0) is 20.2. The number of phenolic OH excluding ortho intramolecular Hbond substituents is 1. The van der Waals surface area contributed by atoms with E-state index in [1.807, 2.05) is 12.1 Å². The monoisotopic (exact) mass is 399 g/mol. The number of carbonyl (C=O) groups excluding carboxylic acids is 2. The van der Waals surface area contributed by atoms with Gasteiger partial charge in [-0.3, -0.25) is 14.5 Å². The van der Waals surface area contributed by atoms with E-state index in [4.69, 9.17) is 0 Å². The van der Waals surface area contributed by atoms with Gasteiger partial charge in [0.25, 0.3) is 0 Å². The molecule has 3 aliphatic rings. The van der Waals surface area contributed by atoms with Crippen molar-refractivity contribution in [1.29, 1.82) is 0 Å². The van der Waals surface area contributed by atoms with Crippen LogP contribution in [0.3, 0.4) is 0 Å². The summed E-state index contributed by atoms with van der Waals surface area (Å²) in [6, 6.07) is 7.65. The number of aromatic hydroxyl groups is 1. The highest BCUT2D eigenvalue weighted by atomic mass is 16.3. The van der Waals surface area contributed by atoms with E-state index in [-0.39, 0.29) is 17.6 Å². The normalized spacial score (nSPS) is 23.7. The molecule has 2 aliphatic heterocycles. The van der Waals surface area contributed by atoms with Crippen LogP contribution in [-0.2, 0) is 16.0 Å². The molecule has 0 radical (unpaired) electrons. The molecule has 2 N–H and O–H groups in total. The fourth-order valence-corrected chi connectivity index (χ4v) is 4.73. The van der Waals surface area contributed by atoms with Crippen LogP contribution in [0.15, 0.2) is 24.3 Å². The first-order chi connectivity index (χ1) is 14.1. The van der Waals surface area contributed by atoms with Gasteiger partial charge < -0.3 is 15.3 Å². The maximum atomic E-state index is 12.7. The molecule has 0 aromatic heterocycles. The third-order valence-corrected chi connectivity index (χ3v) is 6.69. The van der Waals surface area contributed by atoms with Gasteiger partial charge in [-0.25, -0.2) is 0 Å². The van der Waals surface area contributed by atoms with Gasteiger partial charge in [0.05, 0.1) is 5.92 Å². The van der Waals surface area contributed by atoms with Gasteiger partial charge in [0.1, 0.15) is 5.75 Å². The van der Waals surface area contributed by atoms with E-state index >= 15 is 0 Å².